The highest BCUT2D eigenvalue weighted by Crippen LogP contribution is 2.20. The molecule has 0 atom stereocenters. The highest BCUT2D eigenvalue weighted by atomic mass is 16.5. The van der Waals surface area contributed by atoms with Crippen molar-refractivity contribution in [1.82, 2.24) is 15.4 Å². The van der Waals surface area contributed by atoms with Gasteiger partial charge in [-0.05, 0) is 18.6 Å². The van der Waals surface area contributed by atoms with Crippen molar-refractivity contribution in [3.05, 3.63) is 71.6 Å². The third-order valence-corrected chi connectivity index (χ3v) is 3.41. The second-order valence-electron chi connectivity index (χ2n) is 5.16. The fourth-order valence-electron chi connectivity index (χ4n) is 2.14. The Morgan fingerprint density at radius 1 is 1.22 bits per heavy atom. The molecule has 2 aromatic heterocycles. The zero-order chi connectivity index (χ0) is 16.2. The lowest BCUT2D eigenvalue weighted by Crippen LogP contribution is -2.19. The van der Waals surface area contributed by atoms with E-state index >= 15 is 0 Å². The molecule has 1 amide bonds. The molecule has 0 saturated carbocycles. The zero-order valence-electron chi connectivity index (χ0n) is 12.5. The molecule has 0 fully saturated rings. The van der Waals surface area contributed by atoms with Crippen LogP contribution in [-0.2, 0) is 6.42 Å². The van der Waals surface area contributed by atoms with Gasteiger partial charge in [-0.2, -0.15) is 0 Å². The summed E-state index contributed by atoms with van der Waals surface area (Å²) in [6.07, 6.45) is 3.65. The van der Waals surface area contributed by atoms with Crippen LogP contribution < -0.4 is 5.48 Å². The lowest BCUT2D eigenvalue weighted by Gasteiger charge is -2.00. The number of hydrogen-bond acceptors (Lipinski definition) is 5. The summed E-state index contributed by atoms with van der Waals surface area (Å²) in [6.45, 7) is 2.03. The Balaban J connectivity index is 1.74. The maximum Gasteiger partial charge on any atom is 0.293 e. The van der Waals surface area contributed by atoms with Gasteiger partial charge in [0.05, 0.1) is 6.42 Å². The summed E-state index contributed by atoms with van der Waals surface area (Å²) in [5.41, 5.74) is 5.52. The fraction of sp³-hybridized carbons (Fsp3) is 0.118. The van der Waals surface area contributed by atoms with E-state index in [2.05, 4.69) is 9.97 Å². The number of carbonyl (C=O) groups is 1. The molecule has 0 aliphatic heterocycles. The van der Waals surface area contributed by atoms with Crippen LogP contribution in [0.25, 0.3) is 11.3 Å². The first kappa shape index (κ1) is 14.9. The van der Waals surface area contributed by atoms with Gasteiger partial charge >= 0.3 is 0 Å². The number of aromatic nitrogens is 2. The van der Waals surface area contributed by atoms with E-state index in [0.29, 0.717) is 12.3 Å². The van der Waals surface area contributed by atoms with E-state index in [1.807, 2.05) is 31.2 Å². The number of nitrogens with one attached hydrogen (secondary N) is 1. The van der Waals surface area contributed by atoms with Crippen LogP contribution in [0.15, 0.2) is 53.3 Å². The standard InChI is InChI=1S/C17H15N3O3/c1-11-2-5-13(6-3-11)15-10-23-16(19-15)8-12-4-7-14(18-9-12)17(21)20-22/h2-7,9-10,22H,8H2,1H3,(H,20,21). The lowest BCUT2D eigenvalue weighted by atomic mass is 10.1. The molecular formula is C17H15N3O3. The Bertz CT molecular complexity index is 808. The molecule has 0 saturated heterocycles. The van der Waals surface area contributed by atoms with Gasteiger partial charge in [0.2, 0.25) is 0 Å². The van der Waals surface area contributed by atoms with Crippen LogP contribution in [0.4, 0.5) is 0 Å². The predicted octanol–water partition coefficient (Wildman–Crippen LogP) is 2.75. The fourth-order valence-corrected chi connectivity index (χ4v) is 2.14. The molecule has 0 aliphatic rings. The summed E-state index contributed by atoms with van der Waals surface area (Å²) < 4.78 is 5.49. The maximum absolute atomic E-state index is 11.2. The number of rotatable bonds is 4. The predicted molar refractivity (Wildman–Crippen MR) is 83.0 cm³/mol. The molecule has 6 heteroatoms. The normalized spacial score (nSPS) is 10.5. The molecule has 0 radical (unpaired) electrons. The number of nitrogens with zero attached hydrogens (tertiary/aromatic N) is 2. The number of pyridine rings is 1. The topological polar surface area (TPSA) is 88.2 Å². The van der Waals surface area contributed by atoms with Crippen molar-refractivity contribution in [3.63, 3.8) is 0 Å². The highest BCUT2D eigenvalue weighted by Gasteiger charge is 2.09. The minimum atomic E-state index is -0.644. The molecule has 116 valence electrons. The second-order valence-corrected chi connectivity index (χ2v) is 5.16. The summed E-state index contributed by atoms with van der Waals surface area (Å²) in [4.78, 5) is 19.7. The second kappa shape index (κ2) is 6.41. The minimum absolute atomic E-state index is 0.143. The van der Waals surface area contributed by atoms with Crippen molar-refractivity contribution in [3.8, 4) is 11.3 Å². The van der Waals surface area contributed by atoms with Crippen LogP contribution >= 0.6 is 0 Å². The smallest absolute Gasteiger partial charge is 0.293 e. The van der Waals surface area contributed by atoms with Gasteiger partial charge in [0, 0.05) is 11.8 Å². The first-order valence-electron chi connectivity index (χ1n) is 7.06. The zero-order valence-corrected chi connectivity index (χ0v) is 12.5. The Hall–Kier alpha value is -2.99. The molecule has 3 aromatic rings. The lowest BCUT2D eigenvalue weighted by molar-refractivity contribution is 0.0700. The van der Waals surface area contributed by atoms with E-state index < -0.39 is 5.91 Å². The first-order valence-corrected chi connectivity index (χ1v) is 7.06. The van der Waals surface area contributed by atoms with E-state index in [0.717, 1.165) is 16.8 Å². The Labute approximate surface area is 132 Å². The number of hydroxylamine groups is 1. The van der Waals surface area contributed by atoms with Gasteiger partial charge in [-0.3, -0.25) is 15.0 Å². The quantitative estimate of drug-likeness (QED) is 0.571. The molecule has 1 aromatic carbocycles. The number of benzene rings is 1. The van der Waals surface area contributed by atoms with Crippen LogP contribution in [0.2, 0.25) is 0 Å². The van der Waals surface area contributed by atoms with Crippen molar-refractivity contribution in [2.75, 3.05) is 0 Å². The van der Waals surface area contributed by atoms with Crippen molar-refractivity contribution in [2.45, 2.75) is 13.3 Å². The van der Waals surface area contributed by atoms with Crippen molar-refractivity contribution >= 4 is 5.91 Å². The SMILES string of the molecule is Cc1ccc(-c2coc(Cc3ccc(C(=O)NO)nc3)n2)cc1. The van der Waals surface area contributed by atoms with Crippen molar-refractivity contribution in [2.24, 2.45) is 0 Å². The molecular weight excluding hydrogens is 294 g/mol. The number of hydrogen-bond donors (Lipinski definition) is 2. The van der Waals surface area contributed by atoms with E-state index in [9.17, 15) is 4.79 Å². The van der Waals surface area contributed by atoms with Gasteiger partial charge < -0.3 is 4.42 Å². The van der Waals surface area contributed by atoms with Crippen LogP contribution in [0, 0.1) is 6.92 Å². The van der Waals surface area contributed by atoms with Crippen molar-refractivity contribution < 1.29 is 14.4 Å². The van der Waals surface area contributed by atoms with Gasteiger partial charge in [-0.25, -0.2) is 10.5 Å². The van der Waals surface area contributed by atoms with Gasteiger partial charge in [0.25, 0.3) is 5.91 Å². The molecule has 6 nitrogen and oxygen atoms in total. The molecule has 0 spiro atoms. The van der Waals surface area contributed by atoms with Crippen LogP contribution in [0.3, 0.4) is 0 Å². The number of aryl methyl sites for hydroxylation is 1. The van der Waals surface area contributed by atoms with Gasteiger partial charge in [-0.15, -0.1) is 0 Å². The highest BCUT2D eigenvalue weighted by molar-refractivity contribution is 5.91. The summed E-state index contributed by atoms with van der Waals surface area (Å²) in [5, 5.41) is 8.56. The first-order chi connectivity index (χ1) is 11.2. The Morgan fingerprint density at radius 3 is 2.65 bits per heavy atom. The van der Waals surface area contributed by atoms with Gasteiger partial charge in [0.1, 0.15) is 17.7 Å². The molecule has 23 heavy (non-hydrogen) atoms. The van der Waals surface area contributed by atoms with E-state index in [4.69, 9.17) is 9.62 Å². The third kappa shape index (κ3) is 3.44. The average molecular weight is 309 g/mol. The number of amides is 1. The minimum Gasteiger partial charge on any atom is -0.448 e. The Morgan fingerprint density at radius 2 is 2.00 bits per heavy atom. The van der Waals surface area contributed by atoms with E-state index in [-0.39, 0.29) is 5.69 Å². The largest absolute Gasteiger partial charge is 0.448 e. The van der Waals surface area contributed by atoms with Crippen LogP contribution in [0.1, 0.15) is 27.5 Å². The van der Waals surface area contributed by atoms with Gasteiger partial charge in [-0.1, -0.05) is 35.9 Å². The summed E-state index contributed by atoms with van der Waals surface area (Å²) in [5.74, 6) is -0.0731. The number of oxazole rings is 1. The van der Waals surface area contributed by atoms with Crippen LogP contribution in [0.5, 0.6) is 0 Å². The van der Waals surface area contributed by atoms with Crippen molar-refractivity contribution in [1.29, 1.82) is 0 Å². The molecule has 3 rings (SSSR count). The van der Waals surface area contributed by atoms with Crippen LogP contribution in [-0.4, -0.2) is 21.1 Å². The summed E-state index contributed by atoms with van der Waals surface area (Å²) in [6, 6.07) is 11.3. The van der Waals surface area contributed by atoms with Gasteiger partial charge in [0.15, 0.2) is 5.89 Å². The molecule has 2 N–H and O–H groups in total. The number of carbonyl (C=O) groups excluding carboxylic acids is 1. The summed E-state index contributed by atoms with van der Waals surface area (Å²) >= 11 is 0. The van der Waals surface area contributed by atoms with E-state index in [1.165, 1.54) is 11.6 Å². The molecule has 2 heterocycles. The monoisotopic (exact) mass is 309 g/mol. The maximum atomic E-state index is 11.2. The third-order valence-electron chi connectivity index (χ3n) is 3.41. The average Bonchev–Trinajstić information content (AvgIpc) is 3.04. The molecule has 0 unspecified atom stereocenters. The molecule has 0 bridgehead atoms. The Kier molecular flexibility index (Phi) is 4.16. The molecule has 0 aliphatic carbocycles. The van der Waals surface area contributed by atoms with E-state index in [1.54, 1.807) is 24.0 Å². The summed E-state index contributed by atoms with van der Waals surface area (Å²) in [7, 11) is 0.